The van der Waals surface area contributed by atoms with E-state index in [1.165, 1.54) is 6.33 Å². The molecule has 0 saturated carbocycles. The second-order valence-electron chi connectivity index (χ2n) is 3.33. The third-order valence-corrected chi connectivity index (χ3v) is 2.51. The summed E-state index contributed by atoms with van der Waals surface area (Å²) < 4.78 is 5.16. The molecule has 92 valence electrons. The molecule has 0 aliphatic carbocycles. The number of ether oxygens (including phenoxy) is 1. The highest BCUT2D eigenvalue weighted by Gasteiger charge is 2.23. The molecule has 0 radical (unpaired) electrons. The third-order valence-electron chi connectivity index (χ3n) is 2.24. The minimum atomic E-state index is -0.606. The predicted molar refractivity (Wildman–Crippen MR) is 59.7 cm³/mol. The van der Waals surface area contributed by atoms with Crippen molar-refractivity contribution < 1.29 is 9.66 Å². The molecule has 2 rings (SSSR count). The Morgan fingerprint density at radius 1 is 1.47 bits per heavy atom. The summed E-state index contributed by atoms with van der Waals surface area (Å²) in [7, 11) is 0. The summed E-state index contributed by atoms with van der Waals surface area (Å²) in [6.45, 7) is 2.39. The summed E-state index contributed by atoms with van der Waals surface area (Å²) in [6.07, 6.45) is 1.18. The quantitative estimate of drug-likeness (QED) is 0.485. The molecule has 0 atom stereocenters. The van der Waals surface area contributed by atoms with Gasteiger partial charge in [-0.2, -0.15) is 0 Å². The number of aromatic nitrogens is 2. The van der Waals surface area contributed by atoms with E-state index in [2.05, 4.69) is 15.4 Å². The molecule has 1 fully saturated rings. The van der Waals surface area contributed by atoms with Crippen LogP contribution in [0.1, 0.15) is 0 Å². The van der Waals surface area contributed by atoms with Crippen molar-refractivity contribution in [2.24, 2.45) is 0 Å². The summed E-state index contributed by atoms with van der Waals surface area (Å²) in [5.41, 5.74) is 2.53. The van der Waals surface area contributed by atoms with E-state index in [9.17, 15) is 10.1 Å². The summed E-state index contributed by atoms with van der Waals surface area (Å²) in [4.78, 5) is 17.6. The van der Waals surface area contributed by atoms with E-state index in [1.54, 1.807) is 5.01 Å². The zero-order valence-corrected chi connectivity index (χ0v) is 9.55. The van der Waals surface area contributed by atoms with Gasteiger partial charge in [-0.3, -0.25) is 15.5 Å². The van der Waals surface area contributed by atoms with Crippen molar-refractivity contribution in [3.63, 3.8) is 0 Å². The monoisotopic (exact) mass is 259 g/mol. The van der Waals surface area contributed by atoms with Crippen LogP contribution in [0.15, 0.2) is 6.33 Å². The topological polar surface area (TPSA) is 93.4 Å². The first kappa shape index (κ1) is 12.0. The Balaban J connectivity index is 2.19. The lowest BCUT2D eigenvalue weighted by molar-refractivity contribution is -0.384. The van der Waals surface area contributed by atoms with Crippen LogP contribution in [0.3, 0.4) is 0 Å². The molecule has 9 heteroatoms. The van der Waals surface area contributed by atoms with E-state index in [0.717, 1.165) is 0 Å². The van der Waals surface area contributed by atoms with Crippen LogP contribution in [0.2, 0.25) is 5.15 Å². The molecule has 0 amide bonds. The second-order valence-corrected chi connectivity index (χ2v) is 3.69. The number of anilines is 1. The van der Waals surface area contributed by atoms with E-state index in [-0.39, 0.29) is 16.7 Å². The van der Waals surface area contributed by atoms with Gasteiger partial charge in [0.2, 0.25) is 11.0 Å². The number of morpholine rings is 1. The Kier molecular flexibility index (Phi) is 3.67. The Hall–Kier alpha value is -1.51. The number of halogens is 1. The fourth-order valence-corrected chi connectivity index (χ4v) is 1.63. The molecule has 17 heavy (non-hydrogen) atoms. The minimum Gasteiger partial charge on any atom is -0.379 e. The highest BCUT2D eigenvalue weighted by Crippen LogP contribution is 2.28. The van der Waals surface area contributed by atoms with Gasteiger partial charge in [0.15, 0.2) is 0 Å². The van der Waals surface area contributed by atoms with Gasteiger partial charge in [0.1, 0.15) is 6.33 Å². The van der Waals surface area contributed by atoms with Crippen LogP contribution in [0.5, 0.6) is 0 Å². The highest BCUT2D eigenvalue weighted by atomic mass is 35.5. The van der Waals surface area contributed by atoms with Crippen LogP contribution < -0.4 is 5.43 Å². The number of hydrazine groups is 1. The summed E-state index contributed by atoms with van der Waals surface area (Å²) in [5.74, 6) is 0.0944. The average molecular weight is 260 g/mol. The molecule has 1 aliphatic heterocycles. The van der Waals surface area contributed by atoms with Gasteiger partial charge < -0.3 is 4.74 Å². The van der Waals surface area contributed by atoms with Gasteiger partial charge in [-0.15, -0.1) is 0 Å². The van der Waals surface area contributed by atoms with Crippen LogP contribution in [0.4, 0.5) is 11.5 Å². The molecular weight excluding hydrogens is 250 g/mol. The van der Waals surface area contributed by atoms with Crippen molar-refractivity contribution in [2.45, 2.75) is 0 Å². The lowest BCUT2D eigenvalue weighted by atomic mass is 10.4. The number of nitrogens with zero attached hydrogens (tertiary/aromatic N) is 4. The molecule has 0 bridgehead atoms. The van der Waals surface area contributed by atoms with Crippen molar-refractivity contribution in [3.8, 4) is 0 Å². The standard InChI is InChI=1S/C8H10ClN5O3/c9-7-6(14(15)16)8(11-5-10-7)12-13-1-3-17-4-2-13/h5H,1-4H2,(H,10,11,12). The molecule has 1 aliphatic rings. The predicted octanol–water partition coefficient (Wildman–Crippen LogP) is 0.697. The van der Waals surface area contributed by atoms with Gasteiger partial charge in [0, 0.05) is 13.1 Å². The minimum absolute atomic E-state index is 0.0944. The molecule has 0 aromatic carbocycles. The molecule has 0 unspecified atom stereocenters. The molecule has 8 nitrogen and oxygen atoms in total. The average Bonchev–Trinajstić information content (AvgIpc) is 2.30. The third kappa shape index (κ3) is 2.78. The molecule has 2 heterocycles. The summed E-state index contributed by atoms with van der Waals surface area (Å²) >= 11 is 5.67. The van der Waals surface area contributed by atoms with Crippen molar-refractivity contribution in [1.82, 2.24) is 15.0 Å². The van der Waals surface area contributed by atoms with Gasteiger partial charge in [-0.1, -0.05) is 11.6 Å². The molecule has 1 saturated heterocycles. The normalized spacial score (nSPS) is 16.8. The maximum atomic E-state index is 10.8. The first-order valence-corrected chi connectivity index (χ1v) is 5.30. The van der Waals surface area contributed by atoms with E-state index in [1.807, 2.05) is 0 Å². The number of hydrogen-bond donors (Lipinski definition) is 1. The largest absolute Gasteiger partial charge is 0.379 e. The Labute approximate surface area is 102 Å². The van der Waals surface area contributed by atoms with Crippen molar-refractivity contribution >= 4 is 23.1 Å². The van der Waals surface area contributed by atoms with Crippen LogP contribution >= 0.6 is 11.6 Å². The lowest BCUT2D eigenvalue weighted by Crippen LogP contribution is -2.40. The second kappa shape index (κ2) is 5.21. The van der Waals surface area contributed by atoms with Crippen LogP contribution in [-0.4, -0.2) is 46.2 Å². The smallest absolute Gasteiger partial charge is 0.349 e. The van der Waals surface area contributed by atoms with E-state index in [4.69, 9.17) is 16.3 Å². The molecule has 0 spiro atoms. The summed E-state index contributed by atoms with van der Waals surface area (Å²) in [6, 6.07) is 0. The SMILES string of the molecule is O=[N+]([O-])c1c(Cl)ncnc1NN1CCOCC1. The van der Waals surface area contributed by atoms with Gasteiger partial charge in [-0.25, -0.2) is 15.0 Å². The maximum absolute atomic E-state index is 10.8. The summed E-state index contributed by atoms with van der Waals surface area (Å²) in [5, 5.41) is 12.4. The van der Waals surface area contributed by atoms with E-state index in [0.29, 0.717) is 26.3 Å². The van der Waals surface area contributed by atoms with Crippen LogP contribution in [0, 0.1) is 10.1 Å². The first-order valence-electron chi connectivity index (χ1n) is 4.92. The molecule has 1 aromatic rings. The van der Waals surface area contributed by atoms with Crippen LogP contribution in [-0.2, 0) is 4.74 Å². The zero-order valence-electron chi connectivity index (χ0n) is 8.80. The van der Waals surface area contributed by atoms with E-state index < -0.39 is 4.92 Å². The van der Waals surface area contributed by atoms with Crippen LogP contribution in [0.25, 0.3) is 0 Å². The highest BCUT2D eigenvalue weighted by molar-refractivity contribution is 6.31. The van der Waals surface area contributed by atoms with Gasteiger partial charge in [0.05, 0.1) is 18.1 Å². The number of hydrogen-bond acceptors (Lipinski definition) is 7. The Morgan fingerprint density at radius 3 is 2.82 bits per heavy atom. The fourth-order valence-electron chi connectivity index (χ4n) is 1.43. The first-order chi connectivity index (χ1) is 8.18. The van der Waals surface area contributed by atoms with Gasteiger partial charge in [-0.05, 0) is 0 Å². The van der Waals surface area contributed by atoms with Crippen molar-refractivity contribution in [2.75, 3.05) is 31.7 Å². The zero-order chi connectivity index (χ0) is 12.3. The Bertz CT molecular complexity index is 424. The van der Waals surface area contributed by atoms with Crippen molar-refractivity contribution in [3.05, 3.63) is 21.6 Å². The van der Waals surface area contributed by atoms with Gasteiger partial charge >= 0.3 is 5.69 Å². The molecule has 1 aromatic heterocycles. The number of rotatable bonds is 3. The molecular formula is C8H10ClN5O3. The number of nitrogens with one attached hydrogen (secondary N) is 1. The van der Waals surface area contributed by atoms with Crippen molar-refractivity contribution in [1.29, 1.82) is 0 Å². The maximum Gasteiger partial charge on any atom is 0.349 e. The van der Waals surface area contributed by atoms with Gasteiger partial charge in [0.25, 0.3) is 0 Å². The van der Waals surface area contributed by atoms with E-state index >= 15 is 0 Å². The Morgan fingerprint density at radius 2 is 2.18 bits per heavy atom. The number of nitro groups is 1. The lowest BCUT2D eigenvalue weighted by Gasteiger charge is -2.27. The fraction of sp³-hybridized carbons (Fsp3) is 0.500. The molecule has 1 N–H and O–H groups in total.